The minimum Gasteiger partial charge on any atom is -0.503 e. The summed E-state index contributed by atoms with van der Waals surface area (Å²) in [7, 11) is 1.47. The highest BCUT2D eigenvalue weighted by molar-refractivity contribution is 9.10. The Morgan fingerprint density at radius 1 is 1.45 bits per heavy atom. The smallest absolute Gasteiger partial charge is 0.172 e. The first-order valence-electron chi connectivity index (χ1n) is 5.75. The fourth-order valence-electron chi connectivity index (χ4n) is 1.68. The van der Waals surface area contributed by atoms with Crippen molar-refractivity contribution >= 4 is 27.6 Å². The molecule has 0 spiro atoms. The summed E-state index contributed by atoms with van der Waals surface area (Å²) in [4.78, 5) is 4.15. The Morgan fingerprint density at radius 2 is 2.25 bits per heavy atom. The minimum atomic E-state index is 0.0287. The molecule has 0 bridgehead atoms. The summed E-state index contributed by atoms with van der Waals surface area (Å²) in [5, 5.41) is 19.0. The minimum absolute atomic E-state index is 0.0287. The van der Waals surface area contributed by atoms with Crippen molar-refractivity contribution < 1.29 is 9.84 Å². The molecule has 0 fully saturated rings. The third kappa shape index (κ3) is 2.98. The molecule has 0 saturated carbocycles. The van der Waals surface area contributed by atoms with Gasteiger partial charge in [0, 0.05) is 6.20 Å². The van der Waals surface area contributed by atoms with Crippen LogP contribution in [0.25, 0.3) is 11.6 Å². The maximum absolute atomic E-state index is 9.76. The average molecular weight is 331 g/mol. The van der Waals surface area contributed by atoms with Crippen LogP contribution in [-0.4, -0.2) is 17.2 Å². The predicted molar refractivity (Wildman–Crippen MR) is 80.1 cm³/mol. The molecule has 0 saturated heterocycles. The van der Waals surface area contributed by atoms with Crippen molar-refractivity contribution in [2.45, 2.75) is 0 Å². The van der Waals surface area contributed by atoms with Gasteiger partial charge in [0.15, 0.2) is 11.5 Å². The Labute approximate surface area is 125 Å². The molecule has 5 heteroatoms. The fraction of sp³-hybridized carbons (Fsp3) is 0.0667. The maximum atomic E-state index is 9.76. The normalized spacial score (nSPS) is 10.9. The lowest BCUT2D eigenvalue weighted by atomic mass is 10.1. The van der Waals surface area contributed by atoms with Crippen LogP contribution >= 0.6 is 15.9 Å². The second-order valence-electron chi connectivity index (χ2n) is 3.94. The maximum Gasteiger partial charge on any atom is 0.172 e. The van der Waals surface area contributed by atoms with E-state index in [9.17, 15) is 10.4 Å². The Balaban J connectivity index is 2.49. The number of hydrogen-bond donors (Lipinski definition) is 1. The van der Waals surface area contributed by atoms with E-state index in [1.807, 2.05) is 6.07 Å². The molecule has 100 valence electrons. The van der Waals surface area contributed by atoms with Gasteiger partial charge in [0.05, 0.1) is 22.8 Å². The van der Waals surface area contributed by atoms with E-state index in [1.54, 1.807) is 36.5 Å². The number of rotatable bonds is 3. The standard InChI is InChI=1S/C15H11BrN2O2/c1-20-14-8-10(7-12(16)15(14)19)6-11(9-17)13-4-2-3-5-18-13/h2-8,19H,1H3/b11-6-. The Kier molecular flexibility index (Phi) is 4.38. The topological polar surface area (TPSA) is 66.1 Å². The van der Waals surface area contributed by atoms with Gasteiger partial charge in [-0.2, -0.15) is 5.26 Å². The quantitative estimate of drug-likeness (QED) is 0.873. The number of methoxy groups -OCH3 is 1. The van der Waals surface area contributed by atoms with E-state index < -0.39 is 0 Å². The Hall–Kier alpha value is -2.32. The van der Waals surface area contributed by atoms with E-state index in [4.69, 9.17) is 4.74 Å². The first-order valence-corrected chi connectivity index (χ1v) is 6.54. The monoisotopic (exact) mass is 330 g/mol. The van der Waals surface area contributed by atoms with Crippen LogP contribution in [0, 0.1) is 11.3 Å². The molecule has 2 aromatic rings. The summed E-state index contributed by atoms with van der Waals surface area (Å²) in [6.07, 6.45) is 3.32. The van der Waals surface area contributed by atoms with Crippen LogP contribution in [-0.2, 0) is 0 Å². The zero-order valence-electron chi connectivity index (χ0n) is 10.7. The molecule has 0 aliphatic carbocycles. The first-order chi connectivity index (χ1) is 9.65. The number of aromatic nitrogens is 1. The molecule has 0 atom stereocenters. The van der Waals surface area contributed by atoms with E-state index >= 15 is 0 Å². The van der Waals surface area contributed by atoms with Crippen LogP contribution in [0.15, 0.2) is 41.0 Å². The highest BCUT2D eigenvalue weighted by Crippen LogP contribution is 2.36. The van der Waals surface area contributed by atoms with Gasteiger partial charge in [-0.1, -0.05) is 6.07 Å². The lowest BCUT2D eigenvalue weighted by Gasteiger charge is -2.07. The van der Waals surface area contributed by atoms with Crippen LogP contribution in [0.4, 0.5) is 0 Å². The predicted octanol–water partition coefficient (Wildman–Crippen LogP) is 3.62. The average Bonchev–Trinajstić information content (AvgIpc) is 2.49. The fourth-order valence-corrected chi connectivity index (χ4v) is 2.14. The summed E-state index contributed by atoms with van der Waals surface area (Å²) in [6, 6.07) is 10.9. The SMILES string of the molecule is COc1cc(/C=C(/C#N)c2ccccn2)cc(Br)c1O. The molecule has 0 radical (unpaired) electrons. The van der Waals surface area contributed by atoms with Gasteiger partial charge in [0.2, 0.25) is 0 Å². The van der Waals surface area contributed by atoms with Crippen molar-refractivity contribution in [1.29, 1.82) is 5.26 Å². The molecule has 0 aliphatic rings. The molecular formula is C15H11BrN2O2. The number of pyridine rings is 1. The van der Waals surface area contributed by atoms with Gasteiger partial charge in [-0.05, 0) is 51.8 Å². The number of phenolic OH excluding ortho intramolecular Hbond substituents is 1. The van der Waals surface area contributed by atoms with E-state index in [0.717, 1.165) is 5.56 Å². The zero-order valence-corrected chi connectivity index (χ0v) is 12.3. The summed E-state index contributed by atoms with van der Waals surface area (Å²) in [6.45, 7) is 0. The van der Waals surface area contributed by atoms with Crippen molar-refractivity contribution in [1.82, 2.24) is 4.98 Å². The zero-order chi connectivity index (χ0) is 14.5. The molecule has 1 aromatic heterocycles. The van der Waals surface area contributed by atoms with E-state index in [1.165, 1.54) is 7.11 Å². The first kappa shape index (κ1) is 14.1. The van der Waals surface area contributed by atoms with Crippen molar-refractivity contribution in [3.05, 3.63) is 52.3 Å². The van der Waals surface area contributed by atoms with E-state index in [2.05, 4.69) is 27.0 Å². The van der Waals surface area contributed by atoms with Crippen LogP contribution in [0.5, 0.6) is 11.5 Å². The third-order valence-corrected chi connectivity index (χ3v) is 3.25. The summed E-state index contributed by atoms with van der Waals surface area (Å²) in [5.41, 5.74) is 1.76. The second-order valence-corrected chi connectivity index (χ2v) is 4.79. The van der Waals surface area contributed by atoms with Gasteiger partial charge >= 0.3 is 0 Å². The third-order valence-electron chi connectivity index (χ3n) is 2.64. The highest BCUT2D eigenvalue weighted by Gasteiger charge is 2.09. The number of phenols is 1. The molecule has 20 heavy (non-hydrogen) atoms. The summed E-state index contributed by atoms with van der Waals surface area (Å²) < 4.78 is 5.58. The van der Waals surface area contributed by atoms with Gasteiger partial charge in [0.25, 0.3) is 0 Å². The molecule has 0 unspecified atom stereocenters. The van der Waals surface area contributed by atoms with Crippen LogP contribution in [0.1, 0.15) is 11.3 Å². The summed E-state index contributed by atoms with van der Waals surface area (Å²) >= 11 is 3.25. The number of hydrogen-bond acceptors (Lipinski definition) is 4. The van der Waals surface area contributed by atoms with Gasteiger partial charge in [0.1, 0.15) is 6.07 Å². The van der Waals surface area contributed by atoms with E-state index in [-0.39, 0.29) is 5.75 Å². The molecule has 0 aliphatic heterocycles. The molecule has 4 nitrogen and oxygen atoms in total. The molecule has 1 aromatic carbocycles. The number of nitriles is 1. The van der Waals surface area contributed by atoms with Crippen LogP contribution in [0.2, 0.25) is 0 Å². The molecular weight excluding hydrogens is 320 g/mol. The van der Waals surface area contributed by atoms with Crippen molar-refractivity contribution in [3.63, 3.8) is 0 Å². The van der Waals surface area contributed by atoms with Crippen LogP contribution < -0.4 is 4.74 Å². The van der Waals surface area contributed by atoms with Crippen molar-refractivity contribution in [2.75, 3.05) is 7.11 Å². The van der Waals surface area contributed by atoms with Crippen molar-refractivity contribution in [2.24, 2.45) is 0 Å². The van der Waals surface area contributed by atoms with Crippen LogP contribution in [0.3, 0.4) is 0 Å². The van der Waals surface area contributed by atoms with E-state index in [0.29, 0.717) is 21.5 Å². The lowest BCUT2D eigenvalue weighted by molar-refractivity contribution is 0.372. The Bertz CT molecular complexity index is 691. The number of aromatic hydroxyl groups is 1. The number of benzene rings is 1. The lowest BCUT2D eigenvalue weighted by Crippen LogP contribution is -1.88. The number of nitrogens with zero attached hydrogens (tertiary/aromatic N) is 2. The summed E-state index contributed by atoms with van der Waals surface area (Å²) in [5.74, 6) is 0.366. The Morgan fingerprint density at radius 3 is 2.85 bits per heavy atom. The number of ether oxygens (including phenoxy) is 1. The second kappa shape index (κ2) is 6.22. The van der Waals surface area contributed by atoms with Gasteiger partial charge in [-0.3, -0.25) is 4.98 Å². The number of halogens is 1. The molecule has 1 N–H and O–H groups in total. The molecule has 1 heterocycles. The number of allylic oxidation sites excluding steroid dienone is 1. The highest BCUT2D eigenvalue weighted by atomic mass is 79.9. The largest absolute Gasteiger partial charge is 0.503 e. The molecule has 0 amide bonds. The molecule has 2 rings (SSSR count). The van der Waals surface area contributed by atoms with Gasteiger partial charge in [-0.15, -0.1) is 0 Å². The van der Waals surface area contributed by atoms with Gasteiger partial charge < -0.3 is 9.84 Å². The van der Waals surface area contributed by atoms with Gasteiger partial charge in [-0.25, -0.2) is 0 Å². The van der Waals surface area contributed by atoms with Crippen molar-refractivity contribution in [3.8, 4) is 17.6 Å².